The summed E-state index contributed by atoms with van der Waals surface area (Å²) < 4.78 is 6.27. The fourth-order valence-electron chi connectivity index (χ4n) is 2.54. The maximum Gasteiger partial charge on any atom is 0.196 e. The Balaban J connectivity index is 1.97. The van der Waals surface area contributed by atoms with E-state index in [1.54, 1.807) is 7.11 Å². The van der Waals surface area contributed by atoms with Crippen molar-refractivity contribution < 1.29 is 4.74 Å². The molecule has 0 saturated carbocycles. The molecule has 5 heteroatoms. The first-order valence-electron chi connectivity index (χ1n) is 6.68. The van der Waals surface area contributed by atoms with Gasteiger partial charge in [0.2, 0.25) is 0 Å². The lowest BCUT2D eigenvalue weighted by molar-refractivity contribution is 0.415. The topological polar surface area (TPSA) is 50.9 Å². The van der Waals surface area contributed by atoms with Crippen LogP contribution in [0.2, 0.25) is 0 Å². The number of hydrogen-bond donors (Lipinski definition) is 1. The average Bonchev–Trinajstić information content (AvgIpc) is 2.89. The highest BCUT2D eigenvalue weighted by molar-refractivity contribution is 9.10. The maximum absolute atomic E-state index is 6.09. The predicted octanol–water partition coefficient (Wildman–Crippen LogP) is 3.33. The number of nitrogens with two attached hydrogens (primary N) is 1. The van der Waals surface area contributed by atoms with Gasteiger partial charge in [0.25, 0.3) is 0 Å². The van der Waals surface area contributed by atoms with Crippen LogP contribution in [0.3, 0.4) is 0 Å². The van der Waals surface area contributed by atoms with Crippen LogP contribution in [0.15, 0.2) is 58.0 Å². The third kappa shape index (κ3) is 2.61. The van der Waals surface area contributed by atoms with Crippen LogP contribution in [0, 0.1) is 0 Å². The van der Waals surface area contributed by atoms with E-state index in [2.05, 4.69) is 31.9 Å². The van der Waals surface area contributed by atoms with Crippen LogP contribution in [0.25, 0.3) is 0 Å². The molecule has 3 rings (SSSR count). The number of methoxy groups -OCH3 is 1. The third-order valence-electron chi connectivity index (χ3n) is 3.60. The Hall–Kier alpha value is -2.01. The third-order valence-corrected chi connectivity index (χ3v) is 4.32. The number of hydrogen-bond acceptors (Lipinski definition) is 4. The van der Waals surface area contributed by atoms with Crippen LogP contribution in [0.4, 0.5) is 5.69 Å². The summed E-state index contributed by atoms with van der Waals surface area (Å²) in [5.74, 6) is 1.37. The molecule has 0 radical (unpaired) electrons. The van der Waals surface area contributed by atoms with E-state index in [4.69, 9.17) is 10.5 Å². The first-order chi connectivity index (χ1) is 10.2. The fraction of sp³-hybridized carbons (Fsp3) is 0.188. The van der Waals surface area contributed by atoms with Crippen molar-refractivity contribution >= 4 is 27.6 Å². The Labute approximate surface area is 132 Å². The van der Waals surface area contributed by atoms with E-state index in [1.807, 2.05) is 42.5 Å². The van der Waals surface area contributed by atoms with Gasteiger partial charge in [-0.2, -0.15) is 0 Å². The zero-order valence-electron chi connectivity index (χ0n) is 11.7. The summed E-state index contributed by atoms with van der Waals surface area (Å²) in [5.41, 5.74) is 8.28. The number of aliphatic imine (C=N–C) groups is 1. The van der Waals surface area contributed by atoms with Gasteiger partial charge in [0, 0.05) is 10.2 Å². The molecule has 0 aromatic heterocycles. The van der Waals surface area contributed by atoms with E-state index < -0.39 is 0 Å². The van der Waals surface area contributed by atoms with Crippen molar-refractivity contribution in [1.82, 2.24) is 0 Å². The highest BCUT2D eigenvalue weighted by atomic mass is 79.9. The van der Waals surface area contributed by atoms with Gasteiger partial charge in [-0.05, 0) is 35.9 Å². The SMILES string of the molecule is COc1ccc(N2C(N)=NCC2c2ccccc2Br)cc1. The van der Waals surface area contributed by atoms with Gasteiger partial charge in [-0.15, -0.1) is 0 Å². The number of ether oxygens (including phenoxy) is 1. The van der Waals surface area contributed by atoms with Crippen molar-refractivity contribution in [3.63, 3.8) is 0 Å². The van der Waals surface area contributed by atoms with Crippen molar-refractivity contribution in [2.45, 2.75) is 6.04 Å². The molecule has 2 aromatic carbocycles. The Morgan fingerprint density at radius 3 is 2.57 bits per heavy atom. The second-order valence-corrected chi connectivity index (χ2v) is 5.66. The lowest BCUT2D eigenvalue weighted by Crippen LogP contribution is -2.36. The Bertz CT molecular complexity index is 669. The van der Waals surface area contributed by atoms with Crippen LogP contribution < -0.4 is 15.4 Å². The fourth-order valence-corrected chi connectivity index (χ4v) is 3.08. The van der Waals surface area contributed by atoms with Crippen LogP contribution in [0.1, 0.15) is 11.6 Å². The highest BCUT2D eigenvalue weighted by Gasteiger charge is 2.29. The quantitative estimate of drug-likeness (QED) is 0.928. The number of nitrogens with zero attached hydrogens (tertiary/aromatic N) is 2. The highest BCUT2D eigenvalue weighted by Crippen LogP contribution is 2.35. The molecule has 1 aliphatic rings. The number of rotatable bonds is 3. The first kappa shape index (κ1) is 13.9. The van der Waals surface area contributed by atoms with Crippen LogP contribution in [-0.2, 0) is 0 Å². The molecule has 0 saturated heterocycles. The van der Waals surface area contributed by atoms with Crippen molar-refractivity contribution in [3.05, 3.63) is 58.6 Å². The largest absolute Gasteiger partial charge is 0.497 e. The summed E-state index contributed by atoms with van der Waals surface area (Å²) in [6, 6.07) is 16.1. The summed E-state index contributed by atoms with van der Waals surface area (Å²) in [4.78, 5) is 6.46. The smallest absolute Gasteiger partial charge is 0.196 e. The molecule has 1 atom stereocenters. The first-order valence-corrected chi connectivity index (χ1v) is 7.47. The second kappa shape index (κ2) is 5.77. The molecule has 1 aliphatic heterocycles. The van der Waals surface area contributed by atoms with Crippen LogP contribution in [0.5, 0.6) is 5.75 Å². The van der Waals surface area contributed by atoms with Crippen molar-refractivity contribution in [1.29, 1.82) is 0 Å². The molecule has 1 heterocycles. The van der Waals surface area contributed by atoms with Gasteiger partial charge in [0.1, 0.15) is 5.75 Å². The molecule has 4 nitrogen and oxygen atoms in total. The van der Waals surface area contributed by atoms with E-state index in [9.17, 15) is 0 Å². The molecule has 1 unspecified atom stereocenters. The van der Waals surface area contributed by atoms with E-state index >= 15 is 0 Å². The lowest BCUT2D eigenvalue weighted by Gasteiger charge is -2.27. The summed E-state index contributed by atoms with van der Waals surface area (Å²) in [6.45, 7) is 0.653. The molecule has 0 fully saturated rings. The van der Waals surface area contributed by atoms with Crippen LogP contribution in [-0.4, -0.2) is 19.6 Å². The van der Waals surface area contributed by atoms with Gasteiger partial charge >= 0.3 is 0 Å². The van der Waals surface area contributed by atoms with E-state index in [1.165, 1.54) is 5.56 Å². The number of halogens is 1. The van der Waals surface area contributed by atoms with E-state index in [-0.39, 0.29) is 6.04 Å². The van der Waals surface area contributed by atoms with E-state index in [0.29, 0.717) is 12.5 Å². The lowest BCUT2D eigenvalue weighted by atomic mass is 10.1. The van der Waals surface area contributed by atoms with Gasteiger partial charge in [-0.1, -0.05) is 34.1 Å². The molecule has 0 spiro atoms. The zero-order chi connectivity index (χ0) is 14.8. The monoisotopic (exact) mass is 345 g/mol. The van der Waals surface area contributed by atoms with Crippen LogP contribution >= 0.6 is 15.9 Å². The molecular formula is C16H16BrN3O. The molecule has 0 aliphatic carbocycles. The van der Waals surface area contributed by atoms with Crippen molar-refractivity contribution in [2.24, 2.45) is 10.7 Å². The average molecular weight is 346 g/mol. The summed E-state index contributed by atoms with van der Waals surface area (Å²) >= 11 is 3.61. The van der Waals surface area contributed by atoms with Crippen molar-refractivity contribution in [2.75, 3.05) is 18.6 Å². The summed E-state index contributed by atoms with van der Waals surface area (Å²) in [7, 11) is 1.66. The zero-order valence-corrected chi connectivity index (χ0v) is 13.2. The van der Waals surface area contributed by atoms with Gasteiger partial charge in [0.05, 0.1) is 19.7 Å². The molecule has 21 heavy (non-hydrogen) atoms. The molecule has 2 N–H and O–H groups in total. The summed E-state index contributed by atoms with van der Waals surface area (Å²) in [6.07, 6.45) is 0. The van der Waals surface area contributed by atoms with Gasteiger partial charge in [-0.3, -0.25) is 4.99 Å². The molecular weight excluding hydrogens is 330 g/mol. The Morgan fingerprint density at radius 1 is 1.19 bits per heavy atom. The molecule has 108 valence electrons. The number of guanidine groups is 1. The molecule has 2 aromatic rings. The predicted molar refractivity (Wildman–Crippen MR) is 88.8 cm³/mol. The van der Waals surface area contributed by atoms with E-state index in [0.717, 1.165) is 15.9 Å². The summed E-state index contributed by atoms with van der Waals surface area (Å²) in [5, 5.41) is 0. The minimum absolute atomic E-state index is 0.106. The standard InChI is InChI=1S/C16H16BrN3O/c1-21-12-8-6-11(7-9-12)20-15(10-19-16(20)18)13-4-2-3-5-14(13)17/h2-9,15H,10H2,1H3,(H2,18,19). The van der Waals surface area contributed by atoms with Gasteiger partial charge < -0.3 is 15.4 Å². The molecule has 0 amide bonds. The second-order valence-electron chi connectivity index (χ2n) is 4.80. The minimum atomic E-state index is 0.106. The van der Waals surface area contributed by atoms with Gasteiger partial charge in [0.15, 0.2) is 5.96 Å². The number of benzene rings is 2. The normalized spacial score (nSPS) is 17.7. The molecule has 0 bridgehead atoms. The maximum atomic E-state index is 6.09. The van der Waals surface area contributed by atoms with Crippen molar-refractivity contribution in [3.8, 4) is 5.75 Å². The van der Waals surface area contributed by atoms with Gasteiger partial charge in [-0.25, -0.2) is 0 Å². The number of anilines is 1. The Kier molecular flexibility index (Phi) is 3.84. The Morgan fingerprint density at radius 2 is 1.90 bits per heavy atom. The minimum Gasteiger partial charge on any atom is -0.497 e.